The van der Waals surface area contributed by atoms with Gasteiger partial charge in [0.2, 0.25) is 5.91 Å². The number of nitrogens with two attached hydrogens (primary N) is 1. The number of amides is 1. The van der Waals surface area contributed by atoms with E-state index in [1.54, 1.807) is 0 Å². The molecule has 5 nitrogen and oxygen atoms in total. The fraction of sp³-hybridized carbons (Fsp3) is 0.846. The van der Waals surface area contributed by atoms with Gasteiger partial charge < -0.3 is 15.8 Å². The number of nitrogens with one attached hydrogen (secondary N) is 1. The van der Waals surface area contributed by atoms with Crippen LogP contribution in [0.4, 0.5) is 0 Å². The molecule has 0 aromatic heterocycles. The lowest BCUT2D eigenvalue weighted by Gasteiger charge is -2.35. The third kappa shape index (κ3) is 3.98. The summed E-state index contributed by atoms with van der Waals surface area (Å²) in [6, 6.07) is -0.00353. The fourth-order valence-corrected chi connectivity index (χ4v) is 2.42. The maximum absolute atomic E-state index is 11.9. The van der Waals surface area contributed by atoms with Crippen LogP contribution in [0.15, 0.2) is 0 Å². The zero-order valence-electron chi connectivity index (χ0n) is 11.3. The number of ether oxygens (including phenoxy) is 1. The van der Waals surface area contributed by atoms with E-state index in [4.69, 9.17) is 10.5 Å². The van der Waals surface area contributed by atoms with Gasteiger partial charge in [0.05, 0.1) is 7.11 Å². The van der Waals surface area contributed by atoms with E-state index in [0.29, 0.717) is 25.7 Å². The van der Waals surface area contributed by atoms with E-state index in [9.17, 15) is 9.59 Å². The normalized spacial score (nSPS) is 19.9. The van der Waals surface area contributed by atoms with Crippen LogP contribution in [0.25, 0.3) is 0 Å². The number of carbonyl (C=O) groups excluding carboxylic acids is 2. The molecule has 0 aromatic carbocycles. The average Bonchev–Trinajstić information content (AvgIpc) is 2.36. The number of hydrogen-bond donors (Lipinski definition) is 2. The Labute approximate surface area is 108 Å². The van der Waals surface area contributed by atoms with Gasteiger partial charge in [-0.15, -0.1) is 0 Å². The molecule has 18 heavy (non-hydrogen) atoms. The predicted molar refractivity (Wildman–Crippen MR) is 68.9 cm³/mol. The summed E-state index contributed by atoms with van der Waals surface area (Å²) in [6.45, 7) is 1.87. The van der Waals surface area contributed by atoms with E-state index < -0.39 is 5.54 Å². The Hall–Kier alpha value is -1.10. The molecule has 0 bridgehead atoms. The lowest BCUT2D eigenvalue weighted by atomic mass is 9.81. The number of rotatable bonds is 5. The van der Waals surface area contributed by atoms with Crippen LogP contribution in [0, 0.1) is 0 Å². The molecule has 0 saturated heterocycles. The SMILES string of the molecule is COC(=O)C1(NC(=O)CCC(C)N)CCCCC1. The van der Waals surface area contributed by atoms with Gasteiger partial charge in [-0.3, -0.25) is 4.79 Å². The molecule has 1 aliphatic carbocycles. The third-order valence-corrected chi connectivity index (χ3v) is 3.49. The highest BCUT2D eigenvalue weighted by Crippen LogP contribution is 2.29. The van der Waals surface area contributed by atoms with E-state index in [0.717, 1.165) is 19.3 Å². The fourth-order valence-electron chi connectivity index (χ4n) is 2.42. The van der Waals surface area contributed by atoms with Crippen molar-refractivity contribution in [2.24, 2.45) is 5.73 Å². The molecule has 0 heterocycles. The van der Waals surface area contributed by atoms with Gasteiger partial charge in [-0.25, -0.2) is 4.79 Å². The summed E-state index contributed by atoms with van der Waals surface area (Å²) >= 11 is 0. The molecule has 1 fully saturated rings. The van der Waals surface area contributed by atoms with E-state index in [-0.39, 0.29) is 17.9 Å². The van der Waals surface area contributed by atoms with Crippen LogP contribution in [-0.4, -0.2) is 30.6 Å². The van der Waals surface area contributed by atoms with Crippen molar-refractivity contribution in [2.45, 2.75) is 63.5 Å². The Morgan fingerprint density at radius 1 is 1.33 bits per heavy atom. The first-order valence-electron chi connectivity index (χ1n) is 6.65. The van der Waals surface area contributed by atoms with Gasteiger partial charge in [0.25, 0.3) is 0 Å². The highest BCUT2D eigenvalue weighted by molar-refractivity contribution is 5.88. The van der Waals surface area contributed by atoms with Crippen molar-refractivity contribution in [3.05, 3.63) is 0 Å². The zero-order chi connectivity index (χ0) is 13.6. The molecule has 0 aliphatic heterocycles. The zero-order valence-corrected chi connectivity index (χ0v) is 11.3. The van der Waals surface area contributed by atoms with Crippen molar-refractivity contribution >= 4 is 11.9 Å². The molecule has 5 heteroatoms. The summed E-state index contributed by atoms with van der Waals surface area (Å²) in [5.74, 6) is -0.434. The van der Waals surface area contributed by atoms with Crippen LogP contribution >= 0.6 is 0 Å². The molecule has 1 amide bonds. The lowest BCUT2D eigenvalue weighted by Crippen LogP contribution is -2.56. The summed E-state index contributed by atoms with van der Waals surface area (Å²) < 4.78 is 4.84. The monoisotopic (exact) mass is 256 g/mol. The van der Waals surface area contributed by atoms with Gasteiger partial charge in [0.1, 0.15) is 5.54 Å². The number of carbonyl (C=O) groups is 2. The Morgan fingerprint density at radius 2 is 1.94 bits per heavy atom. The van der Waals surface area contributed by atoms with Gasteiger partial charge in [-0.05, 0) is 26.2 Å². The van der Waals surface area contributed by atoms with Crippen molar-refractivity contribution in [3.63, 3.8) is 0 Å². The van der Waals surface area contributed by atoms with Crippen molar-refractivity contribution in [1.82, 2.24) is 5.32 Å². The molecule has 1 saturated carbocycles. The smallest absolute Gasteiger partial charge is 0.331 e. The van der Waals surface area contributed by atoms with Crippen LogP contribution in [0.5, 0.6) is 0 Å². The maximum atomic E-state index is 11.9. The third-order valence-electron chi connectivity index (χ3n) is 3.49. The maximum Gasteiger partial charge on any atom is 0.331 e. The number of methoxy groups -OCH3 is 1. The summed E-state index contributed by atoms with van der Waals surface area (Å²) in [6.07, 6.45) is 5.33. The molecular formula is C13H24N2O3. The Kier molecular flexibility index (Phi) is 5.59. The minimum atomic E-state index is -0.804. The van der Waals surface area contributed by atoms with Crippen LogP contribution in [0.2, 0.25) is 0 Å². The minimum absolute atomic E-state index is 0.00353. The quantitative estimate of drug-likeness (QED) is 0.722. The molecule has 1 atom stereocenters. The summed E-state index contributed by atoms with van der Waals surface area (Å²) in [5.41, 5.74) is 4.82. The second kappa shape index (κ2) is 6.73. The first kappa shape index (κ1) is 15.0. The van der Waals surface area contributed by atoms with Crippen LogP contribution in [0.1, 0.15) is 51.9 Å². The van der Waals surface area contributed by atoms with E-state index >= 15 is 0 Å². The second-order valence-electron chi connectivity index (χ2n) is 5.20. The molecule has 0 radical (unpaired) electrons. The van der Waals surface area contributed by atoms with Gasteiger partial charge in [0.15, 0.2) is 0 Å². The predicted octanol–water partition coefficient (Wildman–Crippen LogP) is 1.11. The van der Waals surface area contributed by atoms with Crippen molar-refractivity contribution in [3.8, 4) is 0 Å². The van der Waals surface area contributed by atoms with Crippen LogP contribution < -0.4 is 11.1 Å². The molecule has 0 aromatic rings. The van der Waals surface area contributed by atoms with Gasteiger partial charge in [0, 0.05) is 12.5 Å². The van der Waals surface area contributed by atoms with Crippen molar-refractivity contribution in [1.29, 1.82) is 0 Å². The molecule has 3 N–H and O–H groups in total. The number of hydrogen-bond acceptors (Lipinski definition) is 4. The first-order chi connectivity index (χ1) is 8.50. The van der Waals surface area contributed by atoms with Crippen molar-refractivity contribution < 1.29 is 14.3 Å². The second-order valence-corrected chi connectivity index (χ2v) is 5.20. The molecular weight excluding hydrogens is 232 g/mol. The molecule has 104 valence electrons. The molecule has 1 rings (SSSR count). The highest BCUT2D eigenvalue weighted by Gasteiger charge is 2.41. The highest BCUT2D eigenvalue weighted by atomic mass is 16.5. The van der Waals surface area contributed by atoms with Gasteiger partial charge in [-0.1, -0.05) is 19.3 Å². The van der Waals surface area contributed by atoms with E-state index in [2.05, 4.69) is 5.32 Å². The Morgan fingerprint density at radius 3 is 2.44 bits per heavy atom. The number of esters is 1. The topological polar surface area (TPSA) is 81.4 Å². The largest absolute Gasteiger partial charge is 0.467 e. The Balaban J connectivity index is 2.61. The van der Waals surface area contributed by atoms with Gasteiger partial charge >= 0.3 is 5.97 Å². The minimum Gasteiger partial charge on any atom is -0.467 e. The van der Waals surface area contributed by atoms with Gasteiger partial charge in [-0.2, -0.15) is 0 Å². The molecule has 0 spiro atoms. The summed E-state index contributed by atoms with van der Waals surface area (Å²) in [4.78, 5) is 23.8. The van der Waals surface area contributed by atoms with Crippen LogP contribution in [0.3, 0.4) is 0 Å². The summed E-state index contributed by atoms with van der Waals surface area (Å²) in [7, 11) is 1.37. The Bertz CT molecular complexity index is 297. The standard InChI is InChI=1S/C13H24N2O3/c1-10(14)6-7-11(16)15-13(12(17)18-2)8-4-3-5-9-13/h10H,3-9,14H2,1-2H3,(H,15,16). The van der Waals surface area contributed by atoms with E-state index in [1.165, 1.54) is 7.11 Å². The summed E-state index contributed by atoms with van der Waals surface area (Å²) in [5, 5.41) is 2.87. The first-order valence-corrected chi connectivity index (χ1v) is 6.65. The van der Waals surface area contributed by atoms with Crippen LogP contribution in [-0.2, 0) is 14.3 Å². The average molecular weight is 256 g/mol. The molecule has 1 aliphatic rings. The molecule has 1 unspecified atom stereocenters. The van der Waals surface area contributed by atoms with E-state index in [1.807, 2.05) is 6.92 Å². The lowest BCUT2D eigenvalue weighted by molar-refractivity contribution is -0.152. The van der Waals surface area contributed by atoms with Crippen molar-refractivity contribution in [2.75, 3.05) is 7.11 Å².